The van der Waals surface area contributed by atoms with Crippen LogP contribution in [0, 0.1) is 0 Å². The van der Waals surface area contributed by atoms with E-state index in [-0.39, 0.29) is 6.04 Å². The molecule has 0 aliphatic heterocycles. The van der Waals surface area contributed by atoms with E-state index in [4.69, 9.17) is 21.9 Å². The summed E-state index contributed by atoms with van der Waals surface area (Å²) >= 11 is 5.84. The Kier molecular flexibility index (Phi) is 3.62. The van der Waals surface area contributed by atoms with Crippen LogP contribution in [0.4, 0.5) is 0 Å². The van der Waals surface area contributed by atoms with Crippen molar-refractivity contribution in [2.24, 2.45) is 5.84 Å². The zero-order valence-corrected chi connectivity index (χ0v) is 9.45. The van der Waals surface area contributed by atoms with Gasteiger partial charge in [0.25, 0.3) is 0 Å². The Morgan fingerprint density at radius 3 is 2.56 bits per heavy atom. The maximum absolute atomic E-state index is 5.84. The van der Waals surface area contributed by atoms with Crippen LogP contribution in [0.25, 0.3) is 0 Å². The molecule has 3 nitrogen and oxygen atoms in total. The summed E-state index contributed by atoms with van der Waals surface area (Å²) in [6, 6.07) is 9.64. The fourth-order valence-electron chi connectivity index (χ4n) is 1.61. The Morgan fingerprint density at radius 1 is 1.25 bits per heavy atom. The van der Waals surface area contributed by atoms with Gasteiger partial charge in [-0.3, -0.25) is 11.3 Å². The summed E-state index contributed by atoms with van der Waals surface area (Å²) in [6.45, 7) is 0. The molecule has 0 aliphatic rings. The highest BCUT2D eigenvalue weighted by Gasteiger charge is 2.10. The second kappa shape index (κ2) is 5.16. The number of halogens is 1. The van der Waals surface area contributed by atoms with Crippen LogP contribution < -0.4 is 11.3 Å². The lowest BCUT2D eigenvalue weighted by atomic mass is 10.0. The number of benzene rings is 1. The number of hydrogen-bond acceptors (Lipinski definition) is 3. The molecule has 1 atom stereocenters. The third-order valence-electron chi connectivity index (χ3n) is 2.49. The van der Waals surface area contributed by atoms with Gasteiger partial charge in [-0.1, -0.05) is 23.7 Å². The standard InChI is InChI=1S/C12H13ClN2O/c13-11-3-1-10(2-4-11)12(15-14)7-9-5-6-16-8-9/h1-6,8,12,15H,7,14H2. The highest BCUT2D eigenvalue weighted by Crippen LogP contribution is 2.19. The lowest BCUT2D eigenvalue weighted by Gasteiger charge is -2.15. The second-order valence-corrected chi connectivity index (χ2v) is 4.04. The number of hydrogen-bond donors (Lipinski definition) is 2. The van der Waals surface area contributed by atoms with Crippen molar-refractivity contribution in [1.82, 2.24) is 5.43 Å². The maximum atomic E-state index is 5.84. The van der Waals surface area contributed by atoms with E-state index in [0.717, 1.165) is 22.6 Å². The minimum atomic E-state index is 0.0647. The molecule has 2 rings (SSSR count). The maximum Gasteiger partial charge on any atom is 0.0935 e. The molecule has 0 amide bonds. The fraction of sp³-hybridized carbons (Fsp3) is 0.167. The van der Waals surface area contributed by atoms with Gasteiger partial charge < -0.3 is 4.42 Å². The van der Waals surface area contributed by atoms with Gasteiger partial charge in [-0.25, -0.2) is 0 Å². The largest absolute Gasteiger partial charge is 0.472 e. The molecule has 0 radical (unpaired) electrons. The zero-order chi connectivity index (χ0) is 11.4. The van der Waals surface area contributed by atoms with Crippen molar-refractivity contribution in [3.8, 4) is 0 Å². The van der Waals surface area contributed by atoms with E-state index < -0.39 is 0 Å². The molecule has 3 N–H and O–H groups in total. The highest BCUT2D eigenvalue weighted by molar-refractivity contribution is 6.30. The number of hydrazine groups is 1. The first-order valence-corrected chi connectivity index (χ1v) is 5.40. The first-order valence-electron chi connectivity index (χ1n) is 5.02. The normalized spacial score (nSPS) is 12.6. The van der Waals surface area contributed by atoms with Crippen LogP contribution in [0.3, 0.4) is 0 Å². The SMILES string of the molecule is NNC(Cc1ccoc1)c1ccc(Cl)cc1. The first-order chi connectivity index (χ1) is 7.79. The van der Waals surface area contributed by atoms with Crippen LogP contribution >= 0.6 is 11.6 Å². The summed E-state index contributed by atoms with van der Waals surface area (Å²) in [6.07, 6.45) is 4.17. The fourth-order valence-corrected chi connectivity index (χ4v) is 1.74. The van der Waals surface area contributed by atoms with Crippen LogP contribution in [0.2, 0.25) is 5.02 Å². The Hall–Kier alpha value is -1.29. The van der Waals surface area contributed by atoms with Gasteiger partial charge >= 0.3 is 0 Å². The van der Waals surface area contributed by atoms with E-state index in [1.165, 1.54) is 0 Å². The molecular formula is C12H13ClN2O. The van der Waals surface area contributed by atoms with E-state index in [1.54, 1.807) is 12.5 Å². The molecule has 0 saturated carbocycles. The van der Waals surface area contributed by atoms with Gasteiger partial charge in [0.15, 0.2) is 0 Å². The molecule has 0 fully saturated rings. The molecule has 0 spiro atoms. The molecule has 2 aromatic rings. The Balaban J connectivity index is 2.13. The minimum Gasteiger partial charge on any atom is -0.472 e. The molecule has 0 bridgehead atoms. The molecule has 84 valence electrons. The van der Waals surface area contributed by atoms with Gasteiger partial charge in [-0.05, 0) is 35.7 Å². The molecule has 1 aromatic carbocycles. The Labute approximate surface area is 99.2 Å². The first kappa shape index (κ1) is 11.2. The summed E-state index contributed by atoms with van der Waals surface area (Å²) in [5, 5.41) is 0.725. The third-order valence-corrected chi connectivity index (χ3v) is 2.75. The second-order valence-electron chi connectivity index (χ2n) is 3.61. The average Bonchev–Trinajstić information content (AvgIpc) is 2.80. The van der Waals surface area contributed by atoms with Crippen molar-refractivity contribution in [3.63, 3.8) is 0 Å². The predicted octanol–water partition coefficient (Wildman–Crippen LogP) is 2.68. The van der Waals surface area contributed by atoms with E-state index in [9.17, 15) is 0 Å². The molecule has 1 heterocycles. The summed E-state index contributed by atoms with van der Waals surface area (Å²) in [5.41, 5.74) is 5.01. The zero-order valence-electron chi connectivity index (χ0n) is 8.69. The third kappa shape index (κ3) is 2.64. The van der Waals surface area contributed by atoms with Gasteiger partial charge in [0, 0.05) is 5.02 Å². The van der Waals surface area contributed by atoms with Crippen molar-refractivity contribution in [2.75, 3.05) is 0 Å². The molecular weight excluding hydrogens is 224 g/mol. The van der Waals surface area contributed by atoms with Gasteiger partial charge in [0.2, 0.25) is 0 Å². The van der Waals surface area contributed by atoms with E-state index in [1.807, 2.05) is 30.3 Å². The number of furan rings is 1. The van der Waals surface area contributed by atoms with Crippen LogP contribution in [-0.4, -0.2) is 0 Å². The summed E-state index contributed by atoms with van der Waals surface area (Å²) in [5.74, 6) is 5.55. The summed E-state index contributed by atoms with van der Waals surface area (Å²) in [4.78, 5) is 0. The van der Waals surface area contributed by atoms with Gasteiger partial charge in [0.05, 0.1) is 18.6 Å². The number of nitrogens with two attached hydrogens (primary N) is 1. The van der Waals surface area contributed by atoms with Crippen LogP contribution in [-0.2, 0) is 6.42 Å². The van der Waals surface area contributed by atoms with Crippen LogP contribution in [0.1, 0.15) is 17.2 Å². The van der Waals surface area contributed by atoms with Gasteiger partial charge in [0.1, 0.15) is 0 Å². The highest BCUT2D eigenvalue weighted by atomic mass is 35.5. The summed E-state index contributed by atoms with van der Waals surface area (Å²) < 4.78 is 5.03. The minimum absolute atomic E-state index is 0.0647. The van der Waals surface area contributed by atoms with Crippen molar-refractivity contribution >= 4 is 11.6 Å². The molecule has 1 unspecified atom stereocenters. The molecule has 1 aromatic heterocycles. The van der Waals surface area contributed by atoms with Gasteiger partial charge in [-0.2, -0.15) is 0 Å². The monoisotopic (exact) mass is 236 g/mol. The number of rotatable bonds is 4. The van der Waals surface area contributed by atoms with Crippen molar-refractivity contribution in [3.05, 3.63) is 59.0 Å². The van der Waals surface area contributed by atoms with Crippen LogP contribution in [0.5, 0.6) is 0 Å². The molecule has 16 heavy (non-hydrogen) atoms. The topological polar surface area (TPSA) is 51.2 Å². The summed E-state index contributed by atoms with van der Waals surface area (Å²) in [7, 11) is 0. The van der Waals surface area contributed by atoms with E-state index >= 15 is 0 Å². The van der Waals surface area contributed by atoms with E-state index in [0.29, 0.717) is 0 Å². The smallest absolute Gasteiger partial charge is 0.0935 e. The number of nitrogens with one attached hydrogen (secondary N) is 1. The average molecular weight is 237 g/mol. The molecule has 4 heteroatoms. The van der Waals surface area contributed by atoms with Crippen molar-refractivity contribution in [1.29, 1.82) is 0 Å². The van der Waals surface area contributed by atoms with Crippen LogP contribution in [0.15, 0.2) is 47.3 Å². The Bertz CT molecular complexity index is 425. The van der Waals surface area contributed by atoms with Crippen molar-refractivity contribution in [2.45, 2.75) is 12.5 Å². The lowest BCUT2D eigenvalue weighted by molar-refractivity contribution is 0.536. The quantitative estimate of drug-likeness (QED) is 0.634. The molecule has 0 aliphatic carbocycles. The predicted molar refractivity (Wildman–Crippen MR) is 63.9 cm³/mol. The van der Waals surface area contributed by atoms with Crippen molar-refractivity contribution < 1.29 is 4.42 Å². The van der Waals surface area contributed by atoms with E-state index in [2.05, 4.69) is 5.43 Å². The van der Waals surface area contributed by atoms with Gasteiger partial charge in [-0.15, -0.1) is 0 Å². The molecule has 0 saturated heterocycles. The Morgan fingerprint density at radius 2 is 2.00 bits per heavy atom. The lowest BCUT2D eigenvalue weighted by Crippen LogP contribution is -2.29.